The number of aryl methyl sites for hydroxylation is 2. The van der Waals surface area contributed by atoms with E-state index in [4.69, 9.17) is 4.74 Å². The third kappa shape index (κ3) is 3.68. The zero-order valence-corrected chi connectivity index (χ0v) is 14.1. The number of pyridine rings is 2. The van der Waals surface area contributed by atoms with Crippen molar-refractivity contribution in [3.63, 3.8) is 0 Å². The second-order valence-corrected chi connectivity index (χ2v) is 5.50. The topological polar surface area (TPSA) is 59.4 Å². The quantitative estimate of drug-likeness (QED) is 0.568. The van der Waals surface area contributed by atoms with Gasteiger partial charge in [-0.15, -0.1) is 0 Å². The molecule has 0 saturated heterocycles. The zero-order chi connectivity index (χ0) is 16.9. The number of benzene rings is 1. The maximum absolute atomic E-state index is 5.55. The summed E-state index contributed by atoms with van der Waals surface area (Å²) < 4.78 is 5.55. The Morgan fingerprint density at radius 1 is 1.08 bits per heavy atom. The van der Waals surface area contributed by atoms with Crippen LogP contribution in [0.1, 0.15) is 24.0 Å². The van der Waals surface area contributed by atoms with Gasteiger partial charge in [-0.1, -0.05) is 6.07 Å². The van der Waals surface area contributed by atoms with Gasteiger partial charge in [-0.25, -0.2) is 0 Å². The fourth-order valence-corrected chi connectivity index (χ4v) is 2.49. The van der Waals surface area contributed by atoms with Crippen LogP contribution in [-0.4, -0.2) is 22.8 Å². The van der Waals surface area contributed by atoms with Gasteiger partial charge in [0.2, 0.25) is 0 Å². The van der Waals surface area contributed by atoms with Crippen molar-refractivity contribution < 1.29 is 4.74 Å². The number of hydrogen-bond donors (Lipinski definition) is 1. The van der Waals surface area contributed by atoms with E-state index in [1.807, 2.05) is 63.2 Å². The standard InChI is InChI=1S/C19H20N4O/c1-4-24-16-8-9-17-18(11-16)22-14(3)10-19(17)23-20-12-15-7-5-6-13(2)21-15/h5-12H,4H2,1-3H3,(H,22,23)/b20-12+. The van der Waals surface area contributed by atoms with E-state index in [1.165, 1.54) is 0 Å². The minimum Gasteiger partial charge on any atom is -0.494 e. The maximum atomic E-state index is 5.55. The maximum Gasteiger partial charge on any atom is 0.121 e. The van der Waals surface area contributed by atoms with E-state index >= 15 is 0 Å². The first-order valence-corrected chi connectivity index (χ1v) is 7.92. The third-order valence-corrected chi connectivity index (χ3v) is 3.51. The van der Waals surface area contributed by atoms with Crippen molar-refractivity contribution in [3.8, 4) is 5.75 Å². The SMILES string of the molecule is CCOc1ccc2c(N/N=C/c3cccc(C)n3)cc(C)nc2c1. The average molecular weight is 320 g/mol. The lowest BCUT2D eigenvalue weighted by Crippen LogP contribution is -1.97. The monoisotopic (exact) mass is 320 g/mol. The summed E-state index contributed by atoms with van der Waals surface area (Å²) in [6.45, 7) is 6.52. The first-order valence-electron chi connectivity index (χ1n) is 7.92. The number of ether oxygens (including phenoxy) is 1. The number of rotatable bonds is 5. The molecule has 0 saturated carbocycles. The van der Waals surface area contributed by atoms with E-state index in [9.17, 15) is 0 Å². The van der Waals surface area contributed by atoms with Gasteiger partial charge in [0.1, 0.15) is 5.75 Å². The molecule has 2 heterocycles. The zero-order valence-electron chi connectivity index (χ0n) is 14.1. The average Bonchev–Trinajstić information content (AvgIpc) is 2.55. The Morgan fingerprint density at radius 3 is 2.75 bits per heavy atom. The molecular formula is C19H20N4O. The number of aromatic nitrogens is 2. The Hall–Kier alpha value is -2.95. The van der Waals surface area contributed by atoms with Gasteiger partial charge in [-0.05, 0) is 51.1 Å². The van der Waals surface area contributed by atoms with Gasteiger partial charge >= 0.3 is 0 Å². The largest absolute Gasteiger partial charge is 0.494 e. The van der Waals surface area contributed by atoms with Crippen molar-refractivity contribution in [1.29, 1.82) is 0 Å². The van der Waals surface area contributed by atoms with Crippen molar-refractivity contribution in [2.75, 3.05) is 12.0 Å². The highest BCUT2D eigenvalue weighted by Gasteiger charge is 2.05. The van der Waals surface area contributed by atoms with Crippen LogP contribution in [0.5, 0.6) is 5.75 Å². The summed E-state index contributed by atoms with van der Waals surface area (Å²) in [5, 5.41) is 5.30. The van der Waals surface area contributed by atoms with Crippen LogP contribution >= 0.6 is 0 Å². The molecule has 1 aromatic carbocycles. The van der Waals surface area contributed by atoms with Crippen LogP contribution in [0.3, 0.4) is 0 Å². The molecular weight excluding hydrogens is 300 g/mol. The normalized spacial score (nSPS) is 11.1. The highest BCUT2D eigenvalue weighted by molar-refractivity contribution is 5.92. The van der Waals surface area contributed by atoms with E-state index in [-0.39, 0.29) is 0 Å². The van der Waals surface area contributed by atoms with Gasteiger partial charge in [-0.2, -0.15) is 5.10 Å². The molecule has 24 heavy (non-hydrogen) atoms. The minimum atomic E-state index is 0.635. The molecule has 0 bridgehead atoms. The molecule has 3 rings (SSSR count). The molecule has 0 radical (unpaired) electrons. The van der Waals surface area contributed by atoms with Crippen LogP contribution in [0, 0.1) is 13.8 Å². The highest BCUT2D eigenvalue weighted by Crippen LogP contribution is 2.26. The Bertz CT molecular complexity index is 890. The molecule has 1 N–H and O–H groups in total. The van der Waals surface area contributed by atoms with Crippen LogP contribution in [0.2, 0.25) is 0 Å². The lowest BCUT2D eigenvalue weighted by atomic mass is 10.1. The number of fused-ring (bicyclic) bond motifs is 1. The van der Waals surface area contributed by atoms with E-state index in [1.54, 1.807) is 6.21 Å². The van der Waals surface area contributed by atoms with Crippen molar-refractivity contribution in [2.24, 2.45) is 5.10 Å². The predicted molar refractivity (Wildman–Crippen MR) is 97.8 cm³/mol. The summed E-state index contributed by atoms with van der Waals surface area (Å²) in [5.74, 6) is 0.821. The van der Waals surface area contributed by atoms with Gasteiger partial charge in [0.25, 0.3) is 0 Å². The number of nitrogens with one attached hydrogen (secondary N) is 1. The number of anilines is 1. The molecule has 0 unspecified atom stereocenters. The van der Waals surface area contributed by atoms with Gasteiger partial charge in [0.15, 0.2) is 0 Å². The molecule has 5 nitrogen and oxygen atoms in total. The Morgan fingerprint density at radius 2 is 1.96 bits per heavy atom. The van der Waals surface area contributed by atoms with Crippen molar-refractivity contribution in [3.05, 3.63) is 59.5 Å². The summed E-state index contributed by atoms with van der Waals surface area (Å²) >= 11 is 0. The molecule has 0 atom stereocenters. The summed E-state index contributed by atoms with van der Waals surface area (Å²) in [5.41, 5.74) is 7.59. The van der Waals surface area contributed by atoms with E-state index in [0.717, 1.165) is 39.4 Å². The molecule has 0 fully saturated rings. The molecule has 0 aliphatic carbocycles. The van der Waals surface area contributed by atoms with Crippen molar-refractivity contribution >= 4 is 22.8 Å². The van der Waals surface area contributed by atoms with Gasteiger partial charge in [0, 0.05) is 22.8 Å². The lowest BCUT2D eigenvalue weighted by molar-refractivity contribution is 0.340. The second-order valence-electron chi connectivity index (χ2n) is 5.50. The third-order valence-electron chi connectivity index (χ3n) is 3.51. The fraction of sp³-hybridized carbons (Fsp3) is 0.211. The summed E-state index contributed by atoms with van der Waals surface area (Å²) in [7, 11) is 0. The van der Waals surface area contributed by atoms with Gasteiger partial charge in [-0.3, -0.25) is 15.4 Å². The Labute approximate surface area is 141 Å². The van der Waals surface area contributed by atoms with Crippen molar-refractivity contribution in [2.45, 2.75) is 20.8 Å². The molecule has 0 aliphatic rings. The number of hydrogen-bond acceptors (Lipinski definition) is 5. The van der Waals surface area contributed by atoms with Crippen LogP contribution < -0.4 is 10.2 Å². The Balaban J connectivity index is 1.88. The number of hydrazone groups is 1. The summed E-state index contributed by atoms with van der Waals surface area (Å²) in [4.78, 5) is 8.97. The van der Waals surface area contributed by atoms with E-state index in [0.29, 0.717) is 6.61 Å². The highest BCUT2D eigenvalue weighted by atomic mass is 16.5. The second kappa shape index (κ2) is 7.08. The summed E-state index contributed by atoms with van der Waals surface area (Å²) in [6.07, 6.45) is 1.71. The molecule has 122 valence electrons. The van der Waals surface area contributed by atoms with E-state index < -0.39 is 0 Å². The van der Waals surface area contributed by atoms with Crippen molar-refractivity contribution in [1.82, 2.24) is 9.97 Å². The fourth-order valence-electron chi connectivity index (χ4n) is 2.49. The van der Waals surface area contributed by atoms with Crippen LogP contribution in [0.4, 0.5) is 5.69 Å². The predicted octanol–water partition coefficient (Wildman–Crippen LogP) is 4.09. The van der Waals surface area contributed by atoms with Crippen LogP contribution in [0.25, 0.3) is 10.9 Å². The molecule has 3 aromatic rings. The van der Waals surface area contributed by atoms with E-state index in [2.05, 4.69) is 20.5 Å². The molecule has 0 amide bonds. The molecule has 5 heteroatoms. The van der Waals surface area contributed by atoms with Crippen LogP contribution in [0.15, 0.2) is 47.6 Å². The van der Waals surface area contributed by atoms with Crippen LogP contribution in [-0.2, 0) is 0 Å². The lowest BCUT2D eigenvalue weighted by Gasteiger charge is -2.09. The smallest absolute Gasteiger partial charge is 0.121 e. The molecule has 2 aromatic heterocycles. The Kier molecular flexibility index (Phi) is 4.70. The van der Waals surface area contributed by atoms with Gasteiger partial charge < -0.3 is 4.74 Å². The first-order chi connectivity index (χ1) is 11.7. The minimum absolute atomic E-state index is 0.635. The molecule has 0 spiro atoms. The number of nitrogens with zero attached hydrogens (tertiary/aromatic N) is 3. The first kappa shape index (κ1) is 15.9. The molecule has 0 aliphatic heterocycles. The van der Waals surface area contributed by atoms with Gasteiger partial charge in [0.05, 0.1) is 29.7 Å². The summed E-state index contributed by atoms with van der Waals surface area (Å²) in [6, 6.07) is 13.7.